The summed E-state index contributed by atoms with van der Waals surface area (Å²) in [5, 5.41) is 14.5. The molecule has 2 aromatic rings. The third-order valence-electron chi connectivity index (χ3n) is 4.45. The van der Waals surface area contributed by atoms with E-state index in [4.69, 9.17) is 0 Å². The van der Waals surface area contributed by atoms with Crippen LogP contribution >= 0.6 is 0 Å². The van der Waals surface area contributed by atoms with Crippen LogP contribution in [-0.4, -0.2) is 38.8 Å². The first-order valence-corrected chi connectivity index (χ1v) is 7.67. The van der Waals surface area contributed by atoms with Gasteiger partial charge in [-0.2, -0.15) is 5.10 Å². The van der Waals surface area contributed by atoms with Gasteiger partial charge in [0, 0.05) is 26.3 Å². The number of amides is 1. The van der Waals surface area contributed by atoms with E-state index in [1.807, 2.05) is 35.2 Å². The number of aromatic nitrogens is 2. The lowest BCUT2D eigenvalue weighted by molar-refractivity contribution is 0.0455. The maximum atomic E-state index is 12.4. The average molecular weight is 299 g/mol. The highest BCUT2D eigenvalue weighted by Gasteiger charge is 2.29. The molecule has 0 spiro atoms. The summed E-state index contributed by atoms with van der Waals surface area (Å²) in [6, 6.07) is 11.5. The van der Waals surface area contributed by atoms with Gasteiger partial charge in [-0.05, 0) is 30.4 Å². The lowest BCUT2D eigenvalue weighted by Gasteiger charge is -2.34. The standard InChI is InChI=1S/C17H21N3O2/c1-19-15(7-10-18-19)17(22)20-11-8-14(9-12-20)16(21)13-5-3-2-4-6-13/h2-7,10,14,16,21H,8-9,11-12H2,1H3. The zero-order valence-electron chi connectivity index (χ0n) is 12.7. The fourth-order valence-corrected chi connectivity index (χ4v) is 3.09. The largest absolute Gasteiger partial charge is 0.388 e. The van der Waals surface area contributed by atoms with Crippen molar-refractivity contribution in [2.75, 3.05) is 13.1 Å². The number of aryl methyl sites for hydroxylation is 1. The van der Waals surface area contributed by atoms with Crippen LogP contribution in [0.15, 0.2) is 42.6 Å². The number of carbonyl (C=O) groups excluding carboxylic acids is 1. The van der Waals surface area contributed by atoms with E-state index in [2.05, 4.69) is 5.10 Å². The van der Waals surface area contributed by atoms with Crippen molar-refractivity contribution in [2.24, 2.45) is 13.0 Å². The monoisotopic (exact) mass is 299 g/mol. The van der Waals surface area contributed by atoms with Crippen molar-refractivity contribution in [3.8, 4) is 0 Å². The SMILES string of the molecule is Cn1nccc1C(=O)N1CCC(C(O)c2ccccc2)CC1. The number of hydrogen-bond donors (Lipinski definition) is 1. The predicted molar refractivity (Wildman–Crippen MR) is 83.2 cm³/mol. The zero-order chi connectivity index (χ0) is 15.5. The van der Waals surface area contributed by atoms with Crippen LogP contribution in [0.5, 0.6) is 0 Å². The summed E-state index contributed by atoms with van der Waals surface area (Å²) in [6.45, 7) is 1.36. The Labute approximate surface area is 130 Å². The van der Waals surface area contributed by atoms with Crippen molar-refractivity contribution in [1.82, 2.24) is 14.7 Å². The highest BCUT2D eigenvalue weighted by Crippen LogP contribution is 2.30. The maximum Gasteiger partial charge on any atom is 0.272 e. The van der Waals surface area contributed by atoms with Gasteiger partial charge in [0.2, 0.25) is 0 Å². The Morgan fingerprint density at radius 2 is 1.91 bits per heavy atom. The topological polar surface area (TPSA) is 58.4 Å². The van der Waals surface area contributed by atoms with Gasteiger partial charge in [0.05, 0.1) is 6.10 Å². The number of carbonyl (C=O) groups is 1. The van der Waals surface area contributed by atoms with Gasteiger partial charge < -0.3 is 10.0 Å². The van der Waals surface area contributed by atoms with E-state index in [1.165, 1.54) is 0 Å². The van der Waals surface area contributed by atoms with E-state index in [0.717, 1.165) is 18.4 Å². The molecule has 1 aromatic carbocycles. The first kappa shape index (κ1) is 14.8. The molecule has 22 heavy (non-hydrogen) atoms. The average Bonchev–Trinajstić information content (AvgIpc) is 3.00. The molecule has 3 rings (SSSR count). The number of aliphatic hydroxyl groups is 1. The zero-order valence-corrected chi connectivity index (χ0v) is 12.7. The lowest BCUT2D eigenvalue weighted by Crippen LogP contribution is -2.40. The predicted octanol–water partition coefficient (Wildman–Crippen LogP) is 2.01. The summed E-state index contributed by atoms with van der Waals surface area (Å²) in [4.78, 5) is 14.3. The Hall–Kier alpha value is -2.14. The second-order valence-electron chi connectivity index (χ2n) is 5.83. The van der Waals surface area contributed by atoms with Crippen molar-refractivity contribution in [2.45, 2.75) is 18.9 Å². The molecule has 5 heteroatoms. The molecule has 1 amide bonds. The molecule has 0 bridgehead atoms. The van der Waals surface area contributed by atoms with Crippen LogP contribution < -0.4 is 0 Å². The number of aliphatic hydroxyl groups excluding tert-OH is 1. The quantitative estimate of drug-likeness (QED) is 0.943. The molecule has 1 N–H and O–H groups in total. The van der Waals surface area contributed by atoms with Crippen LogP contribution in [0.4, 0.5) is 0 Å². The van der Waals surface area contributed by atoms with Gasteiger partial charge in [0.1, 0.15) is 5.69 Å². The minimum Gasteiger partial charge on any atom is -0.388 e. The highest BCUT2D eigenvalue weighted by molar-refractivity contribution is 5.92. The third kappa shape index (κ3) is 2.90. The summed E-state index contributed by atoms with van der Waals surface area (Å²) < 4.78 is 1.60. The minimum atomic E-state index is -0.449. The molecule has 1 atom stereocenters. The van der Waals surface area contributed by atoms with E-state index in [0.29, 0.717) is 18.8 Å². The number of nitrogens with zero attached hydrogens (tertiary/aromatic N) is 3. The normalized spacial score (nSPS) is 17.5. The highest BCUT2D eigenvalue weighted by atomic mass is 16.3. The number of benzene rings is 1. The van der Waals surface area contributed by atoms with Crippen molar-refractivity contribution in [3.05, 3.63) is 53.9 Å². The van der Waals surface area contributed by atoms with Gasteiger partial charge in [0.25, 0.3) is 5.91 Å². The van der Waals surface area contributed by atoms with Crippen molar-refractivity contribution in [1.29, 1.82) is 0 Å². The van der Waals surface area contributed by atoms with Crippen molar-refractivity contribution < 1.29 is 9.90 Å². The summed E-state index contributed by atoms with van der Waals surface area (Å²) >= 11 is 0. The van der Waals surface area contributed by atoms with Crippen LogP contribution in [0.25, 0.3) is 0 Å². The molecule has 116 valence electrons. The Morgan fingerprint density at radius 1 is 1.23 bits per heavy atom. The van der Waals surface area contributed by atoms with Crippen molar-refractivity contribution in [3.63, 3.8) is 0 Å². The van der Waals surface area contributed by atoms with Gasteiger partial charge in [0.15, 0.2) is 0 Å². The van der Waals surface area contributed by atoms with Gasteiger partial charge in [-0.3, -0.25) is 9.48 Å². The van der Waals surface area contributed by atoms with Crippen LogP contribution in [0, 0.1) is 5.92 Å². The van der Waals surface area contributed by atoms with E-state index in [9.17, 15) is 9.90 Å². The van der Waals surface area contributed by atoms with E-state index in [1.54, 1.807) is 24.0 Å². The van der Waals surface area contributed by atoms with E-state index >= 15 is 0 Å². The van der Waals surface area contributed by atoms with E-state index in [-0.39, 0.29) is 11.8 Å². The molecule has 0 aliphatic carbocycles. The Balaban J connectivity index is 1.61. The molecule has 0 saturated carbocycles. The smallest absolute Gasteiger partial charge is 0.272 e. The Bertz CT molecular complexity index is 630. The second-order valence-corrected chi connectivity index (χ2v) is 5.83. The molecule has 5 nitrogen and oxygen atoms in total. The van der Waals surface area contributed by atoms with Crippen LogP contribution in [0.2, 0.25) is 0 Å². The molecular weight excluding hydrogens is 278 g/mol. The minimum absolute atomic E-state index is 0.0210. The summed E-state index contributed by atoms with van der Waals surface area (Å²) in [6.07, 6.45) is 2.83. The maximum absolute atomic E-state index is 12.4. The first-order chi connectivity index (χ1) is 10.7. The summed E-state index contributed by atoms with van der Waals surface area (Å²) in [5.74, 6) is 0.227. The van der Waals surface area contributed by atoms with Gasteiger partial charge >= 0.3 is 0 Å². The Kier molecular flexibility index (Phi) is 4.24. The van der Waals surface area contributed by atoms with Gasteiger partial charge in [-0.1, -0.05) is 30.3 Å². The summed E-state index contributed by atoms with van der Waals surface area (Å²) in [5.41, 5.74) is 1.57. The number of hydrogen-bond acceptors (Lipinski definition) is 3. The number of piperidine rings is 1. The van der Waals surface area contributed by atoms with Crippen LogP contribution in [0.3, 0.4) is 0 Å². The third-order valence-corrected chi connectivity index (χ3v) is 4.45. The molecule has 1 saturated heterocycles. The van der Waals surface area contributed by atoms with Crippen LogP contribution in [-0.2, 0) is 7.05 Å². The second kappa shape index (κ2) is 6.32. The van der Waals surface area contributed by atoms with E-state index < -0.39 is 6.10 Å². The molecule has 2 heterocycles. The molecule has 1 aromatic heterocycles. The molecular formula is C17H21N3O2. The lowest BCUT2D eigenvalue weighted by atomic mass is 9.87. The van der Waals surface area contributed by atoms with Crippen LogP contribution in [0.1, 0.15) is 35.0 Å². The van der Waals surface area contributed by atoms with Gasteiger partial charge in [-0.15, -0.1) is 0 Å². The molecule has 1 unspecified atom stereocenters. The number of rotatable bonds is 3. The van der Waals surface area contributed by atoms with Gasteiger partial charge in [-0.25, -0.2) is 0 Å². The molecule has 1 aliphatic heterocycles. The van der Waals surface area contributed by atoms with Crippen molar-refractivity contribution >= 4 is 5.91 Å². The first-order valence-electron chi connectivity index (χ1n) is 7.67. The molecule has 1 fully saturated rings. The molecule has 1 aliphatic rings. The summed E-state index contributed by atoms with van der Waals surface area (Å²) in [7, 11) is 1.78. The fourth-order valence-electron chi connectivity index (χ4n) is 3.09. The Morgan fingerprint density at radius 3 is 2.50 bits per heavy atom. The fraction of sp³-hybridized carbons (Fsp3) is 0.412. The number of likely N-dealkylation sites (tertiary alicyclic amines) is 1. The molecule has 0 radical (unpaired) electrons.